The summed E-state index contributed by atoms with van der Waals surface area (Å²) in [6, 6.07) is 77.3. The van der Waals surface area contributed by atoms with E-state index in [-0.39, 0.29) is 0 Å². The van der Waals surface area contributed by atoms with Gasteiger partial charge in [0.15, 0.2) is 0 Å². The number of para-hydroxylation sites is 2. The molecule has 1 aromatic heterocycles. The van der Waals surface area contributed by atoms with E-state index in [1.807, 2.05) is 0 Å². The number of hydrogen-bond acceptors (Lipinski definition) is 2. The molecular weight excluding hydrogens is 727 g/mol. The molecule has 0 saturated heterocycles. The quantitative estimate of drug-likeness (QED) is 0.167. The summed E-state index contributed by atoms with van der Waals surface area (Å²) in [5, 5.41) is 8.84. The minimum atomic E-state index is -0.669. The monoisotopic (exact) mass is 761 g/mol. The van der Waals surface area contributed by atoms with Gasteiger partial charge >= 0.3 is 0 Å². The van der Waals surface area contributed by atoms with Crippen molar-refractivity contribution in [2.24, 2.45) is 0 Å². The Balaban J connectivity index is 1.05. The number of rotatable bonds is 3. The van der Waals surface area contributed by atoms with Crippen LogP contribution in [0.4, 0.5) is 0 Å². The molecule has 10 aromatic carbocycles. The molecule has 1 atom stereocenters. The van der Waals surface area contributed by atoms with Gasteiger partial charge in [-0.3, -0.25) is 0 Å². The van der Waals surface area contributed by atoms with Crippen molar-refractivity contribution < 1.29 is 4.74 Å². The molecule has 11 aromatic rings. The number of hydrogen-bond donors (Lipinski definition) is 0. The number of aromatic nitrogens is 1. The van der Waals surface area contributed by atoms with Crippen LogP contribution in [0.2, 0.25) is 0 Å². The van der Waals surface area contributed by atoms with E-state index >= 15 is 0 Å². The Morgan fingerprint density at radius 2 is 0.867 bits per heavy atom. The van der Waals surface area contributed by atoms with Crippen LogP contribution < -0.4 is 4.74 Å². The summed E-state index contributed by atoms with van der Waals surface area (Å²) in [7, 11) is 0. The molecule has 0 radical (unpaired) electrons. The summed E-state index contributed by atoms with van der Waals surface area (Å²) in [5.41, 5.74) is 14.3. The first-order chi connectivity index (χ1) is 29.8. The van der Waals surface area contributed by atoms with Crippen LogP contribution in [0.5, 0.6) is 11.5 Å². The van der Waals surface area contributed by atoms with Gasteiger partial charge < -0.3 is 4.74 Å². The predicted octanol–water partition coefficient (Wildman–Crippen LogP) is 15.2. The molecule has 2 heteroatoms. The zero-order valence-corrected chi connectivity index (χ0v) is 32.6. The average Bonchev–Trinajstić information content (AvgIpc) is 3.63. The third-order valence-corrected chi connectivity index (χ3v) is 13.1. The zero-order chi connectivity index (χ0) is 39.4. The van der Waals surface area contributed by atoms with Crippen molar-refractivity contribution >= 4 is 43.2 Å². The molecule has 0 fully saturated rings. The van der Waals surface area contributed by atoms with Crippen LogP contribution in [0.3, 0.4) is 0 Å². The molecule has 0 bridgehead atoms. The number of pyridine rings is 1. The highest BCUT2D eigenvalue weighted by Gasteiger charge is 2.53. The van der Waals surface area contributed by atoms with E-state index in [0.717, 1.165) is 55.9 Å². The Morgan fingerprint density at radius 1 is 0.333 bits per heavy atom. The summed E-state index contributed by atoms with van der Waals surface area (Å²) in [6.07, 6.45) is 0. The third kappa shape index (κ3) is 4.56. The van der Waals surface area contributed by atoms with Crippen LogP contribution in [0, 0.1) is 0 Å². The molecule has 1 unspecified atom stereocenters. The Kier molecular flexibility index (Phi) is 6.97. The maximum Gasteiger partial charge on any atom is 0.132 e. The molecule has 2 aliphatic rings. The lowest BCUT2D eigenvalue weighted by Crippen LogP contribution is -2.32. The average molecular weight is 762 g/mol. The van der Waals surface area contributed by atoms with E-state index in [4.69, 9.17) is 9.72 Å². The van der Waals surface area contributed by atoms with Crippen LogP contribution in [-0.2, 0) is 5.41 Å². The van der Waals surface area contributed by atoms with Gasteiger partial charge in [-0.15, -0.1) is 0 Å². The van der Waals surface area contributed by atoms with E-state index < -0.39 is 5.41 Å². The van der Waals surface area contributed by atoms with E-state index in [1.165, 1.54) is 65.7 Å². The third-order valence-electron chi connectivity index (χ3n) is 13.1. The number of ether oxygens (including phenoxy) is 1. The van der Waals surface area contributed by atoms with Gasteiger partial charge in [0.2, 0.25) is 0 Å². The lowest BCUT2D eigenvalue weighted by atomic mass is 9.65. The van der Waals surface area contributed by atoms with Crippen LogP contribution in [0.1, 0.15) is 22.3 Å². The highest BCUT2D eigenvalue weighted by Crippen LogP contribution is 2.64. The largest absolute Gasteiger partial charge is 0.457 e. The number of benzene rings is 10. The fourth-order valence-electron chi connectivity index (χ4n) is 10.6. The van der Waals surface area contributed by atoms with Crippen molar-refractivity contribution in [1.29, 1.82) is 0 Å². The van der Waals surface area contributed by atoms with Gasteiger partial charge in [-0.1, -0.05) is 176 Å². The Labute approximate surface area is 347 Å². The fourth-order valence-corrected chi connectivity index (χ4v) is 10.6. The van der Waals surface area contributed by atoms with Crippen LogP contribution >= 0.6 is 0 Å². The van der Waals surface area contributed by atoms with Crippen molar-refractivity contribution in [1.82, 2.24) is 4.98 Å². The van der Waals surface area contributed by atoms with E-state index in [2.05, 4.69) is 212 Å². The van der Waals surface area contributed by atoms with Gasteiger partial charge in [0, 0.05) is 27.6 Å². The summed E-state index contributed by atoms with van der Waals surface area (Å²) in [5.74, 6) is 1.74. The second-order valence-electron chi connectivity index (χ2n) is 16.1. The van der Waals surface area contributed by atoms with Gasteiger partial charge in [0.25, 0.3) is 0 Å². The first-order valence-electron chi connectivity index (χ1n) is 20.7. The second-order valence-corrected chi connectivity index (χ2v) is 16.1. The van der Waals surface area contributed by atoms with E-state index in [0.29, 0.717) is 0 Å². The number of nitrogens with zero attached hydrogens (tertiary/aromatic N) is 1. The summed E-state index contributed by atoms with van der Waals surface area (Å²) < 4.78 is 6.90. The normalized spacial score (nSPS) is 14.9. The number of fused-ring (bicyclic) bond motifs is 17. The molecule has 0 N–H and O–H groups in total. The van der Waals surface area contributed by atoms with Gasteiger partial charge in [-0.25, -0.2) is 4.98 Å². The summed E-state index contributed by atoms with van der Waals surface area (Å²) in [6.45, 7) is 0. The molecular formula is C58H35NO. The molecule has 13 rings (SSSR count). The van der Waals surface area contributed by atoms with E-state index in [9.17, 15) is 0 Å². The first-order valence-corrected chi connectivity index (χ1v) is 20.7. The van der Waals surface area contributed by atoms with Crippen LogP contribution in [0.15, 0.2) is 212 Å². The molecule has 1 aliphatic carbocycles. The molecule has 2 nitrogen and oxygen atoms in total. The smallest absolute Gasteiger partial charge is 0.132 e. The summed E-state index contributed by atoms with van der Waals surface area (Å²) in [4.78, 5) is 5.43. The van der Waals surface area contributed by atoms with Gasteiger partial charge in [-0.05, 0) is 108 Å². The molecule has 60 heavy (non-hydrogen) atoms. The minimum Gasteiger partial charge on any atom is -0.457 e. The summed E-state index contributed by atoms with van der Waals surface area (Å²) >= 11 is 0. The second kappa shape index (κ2) is 12.6. The topological polar surface area (TPSA) is 22.1 Å². The van der Waals surface area contributed by atoms with Crippen molar-refractivity contribution in [3.8, 4) is 56.1 Å². The van der Waals surface area contributed by atoms with Crippen molar-refractivity contribution in [2.45, 2.75) is 5.41 Å². The Morgan fingerprint density at radius 3 is 1.63 bits per heavy atom. The fraction of sp³-hybridized carbons (Fsp3) is 0.0172. The SMILES string of the molecule is c1ccc(-c2nc3ccccc3c3c2-c2ccccc2C32c3ccccc3Oc3ccc(-c4cccc(-c5ccc6c7ccccc7c7ccccc7c6c5)c4)cc32)cc1. The lowest BCUT2D eigenvalue weighted by molar-refractivity contribution is 0.437. The lowest BCUT2D eigenvalue weighted by Gasteiger charge is -2.40. The van der Waals surface area contributed by atoms with Crippen molar-refractivity contribution in [3.63, 3.8) is 0 Å². The van der Waals surface area contributed by atoms with Crippen molar-refractivity contribution in [3.05, 3.63) is 235 Å². The van der Waals surface area contributed by atoms with Gasteiger partial charge in [0.1, 0.15) is 11.5 Å². The Bertz CT molecular complexity index is 3550. The highest BCUT2D eigenvalue weighted by molar-refractivity contribution is 6.25. The maximum absolute atomic E-state index is 6.90. The Hall–Kier alpha value is -7.81. The molecule has 0 amide bonds. The minimum absolute atomic E-state index is 0.669. The maximum atomic E-state index is 6.90. The molecule has 278 valence electrons. The van der Waals surface area contributed by atoms with Crippen LogP contribution in [-0.4, -0.2) is 4.98 Å². The van der Waals surface area contributed by atoms with Gasteiger partial charge in [-0.2, -0.15) is 0 Å². The van der Waals surface area contributed by atoms with Crippen LogP contribution in [0.25, 0.3) is 87.9 Å². The van der Waals surface area contributed by atoms with Gasteiger partial charge in [0.05, 0.1) is 16.6 Å². The first kappa shape index (κ1) is 33.2. The molecule has 2 heterocycles. The van der Waals surface area contributed by atoms with E-state index in [1.54, 1.807) is 0 Å². The molecule has 1 spiro atoms. The predicted molar refractivity (Wildman–Crippen MR) is 248 cm³/mol. The zero-order valence-electron chi connectivity index (χ0n) is 32.6. The molecule has 1 aliphatic heterocycles. The van der Waals surface area contributed by atoms with Crippen molar-refractivity contribution in [2.75, 3.05) is 0 Å². The highest BCUT2D eigenvalue weighted by atomic mass is 16.5. The molecule has 0 saturated carbocycles. The standard InChI is InChI=1S/C58H35NO/c1-2-15-36(16-3-1)57-55-46-23-8-10-25-49(46)58(56(55)47-24-9-12-27-52(47)59-57)50-26-11-13-28-53(50)60-54-32-30-40(35-51(54)58)38-18-14-17-37(33-38)39-29-31-45-43-21-5-4-19-41(43)42-20-6-7-22-44(42)48(45)34-39/h1-35H.